The number of carbonyl (C=O) groups is 2. The normalized spacial score (nSPS) is 14.1. The van der Waals surface area contributed by atoms with Gasteiger partial charge in [0.15, 0.2) is 6.10 Å². The maximum absolute atomic E-state index is 12.4. The molecule has 0 aliphatic carbocycles. The number of ether oxygens (including phenoxy) is 2. The minimum atomic E-state index is -4.82. The number of unbranched alkanes of at least 4 members (excludes halogenated alkanes) is 17. The third-order valence-electron chi connectivity index (χ3n) is 9.49. The Labute approximate surface area is 340 Å². The average Bonchev–Trinajstić information content (AvgIpc) is 3.14. The fraction of sp³-hybridized carbons (Fsp3) is 0.778. The lowest BCUT2D eigenvalue weighted by Crippen LogP contribution is -2.29. The summed E-state index contributed by atoms with van der Waals surface area (Å²) in [5, 5.41) is 20.1. The fourth-order valence-corrected chi connectivity index (χ4v) is 6.49. The largest absolute Gasteiger partial charge is 0.469 e. The van der Waals surface area contributed by atoms with Gasteiger partial charge in [-0.3, -0.25) is 14.1 Å². The molecule has 0 spiro atoms. The molecule has 0 aromatic rings. The Morgan fingerprint density at radius 2 is 1.02 bits per heavy atom. The van der Waals surface area contributed by atoms with Gasteiger partial charge in [-0.05, 0) is 38.0 Å². The molecule has 10 nitrogen and oxygen atoms in total. The molecule has 0 aliphatic heterocycles. The highest BCUT2D eigenvalue weighted by Crippen LogP contribution is 2.36. The van der Waals surface area contributed by atoms with Crippen molar-refractivity contribution in [2.45, 2.75) is 206 Å². The van der Waals surface area contributed by atoms with Crippen LogP contribution in [0.25, 0.3) is 0 Å². The number of aliphatic hydroxyl groups excluding tert-OH is 2. The predicted molar refractivity (Wildman–Crippen MR) is 228 cm³/mol. The van der Waals surface area contributed by atoms with E-state index in [0.717, 1.165) is 50.9 Å². The number of rotatable bonds is 39. The monoisotopic (exact) mass is 813 g/mol. The first kappa shape index (κ1) is 53.9. The van der Waals surface area contributed by atoms with E-state index in [1.807, 2.05) is 30.4 Å². The third kappa shape index (κ3) is 41.6. The number of esters is 2. The molecule has 0 rings (SSSR count). The predicted octanol–water partition coefficient (Wildman–Crippen LogP) is 11.3. The van der Waals surface area contributed by atoms with Gasteiger partial charge in [0.05, 0.1) is 18.8 Å². The third-order valence-corrected chi connectivity index (χ3v) is 9.97. The van der Waals surface area contributed by atoms with Gasteiger partial charge in [0.25, 0.3) is 0 Å². The van der Waals surface area contributed by atoms with Crippen molar-refractivity contribution < 1.29 is 48.2 Å². The first-order valence-electron chi connectivity index (χ1n) is 22.0. The minimum absolute atomic E-state index is 0.0361. The van der Waals surface area contributed by atoms with Gasteiger partial charge in [0, 0.05) is 12.8 Å². The summed E-state index contributed by atoms with van der Waals surface area (Å²) in [6, 6.07) is 0. The Balaban J connectivity index is 4.10. The molecule has 11 heteroatoms. The van der Waals surface area contributed by atoms with E-state index in [1.165, 1.54) is 83.5 Å². The molecule has 0 aliphatic rings. The van der Waals surface area contributed by atoms with Gasteiger partial charge >= 0.3 is 19.8 Å². The van der Waals surface area contributed by atoms with E-state index >= 15 is 0 Å². The molecule has 56 heavy (non-hydrogen) atoms. The van der Waals surface area contributed by atoms with Crippen molar-refractivity contribution >= 4 is 19.8 Å². The topological polar surface area (TPSA) is 160 Å². The van der Waals surface area contributed by atoms with Crippen LogP contribution in [-0.4, -0.2) is 63.5 Å². The second kappa shape index (κ2) is 38.4. The van der Waals surface area contributed by atoms with Crippen LogP contribution in [0.5, 0.6) is 0 Å². The summed E-state index contributed by atoms with van der Waals surface area (Å²) in [4.78, 5) is 42.9. The highest BCUT2D eigenvalue weighted by Gasteiger charge is 2.23. The molecule has 0 fully saturated rings. The van der Waals surface area contributed by atoms with Crippen LogP contribution in [0.15, 0.2) is 48.6 Å². The number of hydrogen-bond donors (Lipinski definition) is 4. The number of carbonyl (C=O) groups excluding carboxylic acids is 2. The van der Waals surface area contributed by atoms with Crippen molar-refractivity contribution in [3.63, 3.8) is 0 Å². The summed E-state index contributed by atoms with van der Waals surface area (Å²) >= 11 is 0. The van der Waals surface area contributed by atoms with Crippen molar-refractivity contribution in [1.82, 2.24) is 0 Å². The maximum atomic E-state index is 12.4. The lowest BCUT2D eigenvalue weighted by Gasteiger charge is -2.18. The standard InChI is InChI=1S/C45H81O10P/c1-4-5-25-32-41(46)33-27-22-18-16-19-23-28-34-42(47)35-30-37-45(49)55-43(39-54-56(50,51)52)38-53-44(48)36-29-24-20-15-13-11-9-7-6-8-10-12-14-17-21-26-31-40(2)3/h18-19,22-23,27-28,33-34,40-43,46-47H,4-17,20-21,24-26,29-32,35-39H2,1-3H3,(H2,50,51,52)/b22-18-,23-19-,33-27+,34-28+/t41-,42-,43-/m1/s1. The van der Waals surface area contributed by atoms with E-state index < -0.39 is 44.7 Å². The smallest absolute Gasteiger partial charge is 0.462 e. The van der Waals surface area contributed by atoms with E-state index in [0.29, 0.717) is 25.7 Å². The van der Waals surface area contributed by atoms with Gasteiger partial charge in [-0.25, -0.2) is 4.57 Å². The molecule has 0 heterocycles. The van der Waals surface area contributed by atoms with E-state index in [1.54, 1.807) is 18.2 Å². The summed E-state index contributed by atoms with van der Waals surface area (Å²) in [6.07, 6.45) is 39.1. The lowest BCUT2D eigenvalue weighted by molar-refractivity contribution is -0.161. The van der Waals surface area contributed by atoms with E-state index in [-0.39, 0.29) is 19.4 Å². The number of phosphoric acid groups is 1. The molecule has 3 atom stereocenters. The first-order chi connectivity index (χ1) is 26.9. The van der Waals surface area contributed by atoms with Crippen LogP contribution < -0.4 is 0 Å². The average molecular weight is 813 g/mol. The zero-order valence-electron chi connectivity index (χ0n) is 35.4. The van der Waals surface area contributed by atoms with Gasteiger partial charge in [-0.2, -0.15) is 0 Å². The van der Waals surface area contributed by atoms with Crippen molar-refractivity contribution in [3.8, 4) is 0 Å². The highest BCUT2D eigenvalue weighted by molar-refractivity contribution is 7.46. The maximum Gasteiger partial charge on any atom is 0.469 e. The van der Waals surface area contributed by atoms with Crippen LogP contribution in [0, 0.1) is 5.92 Å². The van der Waals surface area contributed by atoms with Gasteiger partial charge in [-0.15, -0.1) is 0 Å². The van der Waals surface area contributed by atoms with Crippen LogP contribution in [0.1, 0.15) is 188 Å². The number of phosphoric ester groups is 1. The summed E-state index contributed by atoms with van der Waals surface area (Å²) < 4.78 is 26.3. The number of aliphatic hydroxyl groups is 2. The Bertz CT molecular complexity index is 1100. The van der Waals surface area contributed by atoms with Gasteiger partial charge in [0.2, 0.25) is 0 Å². The molecule has 326 valence electrons. The fourth-order valence-electron chi connectivity index (χ4n) is 6.13. The molecule has 0 amide bonds. The van der Waals surface area contributed by atoms with Crippen molar-refractivity contribution in [3.05, 3.63) is 48.6 Å². The molecule has 0 aromatic heterocycles. The van der Waals surface area contributed by atoms with E-state index in [9.17, 15) is 24.4 Å². The zero-order valence-corrected chi connectivity index (χ0v) is 36.3. The van der Waals surface area contributed by atoms with Gasteiger partial charge < -0.3 is 29.5 Å². The van der Waals surface area contributed by atoms with Crippen LogP contribution in [0.3, 0.4) is 0 Å². The minimum Gasteiger partial charge on any atom is -0.462 e. The van der Waals surface area contributed by atoms with Crippen LogP contribution in [-0.2, 0) is 28.2 Å². The molecule has 0 saturated carbocycles. The summed E-state index contributed by atoms with van der Waals surface area (Å²) in [5.41, 5.74) is 0. The Morgan fingerprint density at radius 1 is 0.571 bits per heavy atom. The molecule has 0 aromatic carbocycles. The summed E-state index contributed by atoms with van der Waals surface area (Å²) in [5.74, 6) is -0.278. The van der Waals surface area contributed by atoms with Crippen molar-refractivity contribution in [2.75, 3.05) is 13.2 Å². The zero-order chi connectivity index (χ0) is 41.5. The van der Waals surface area contributed by atoms with Crippen LogP contribution in [0.4, 0.5) is 0 Å². The van der Waals surface area contributed by atoms with E-state index in [2.05, 4.69) is 25.3 Å². The Kier molecular flexibility index (Phi) is 37.0. The van der Waals surface area contributed by atoms with Gasteiger partial charge in [-0.1, -0.05) is 191 Å². The summed E-state index contributed by atoms with van der Waals surface area (Å²) in [6.45, 7) is 5.75. The highest BCUT2D eigenvalue weighted by atomic mass is 31.2. The van der Waals surface area contributed by atoms with Crippen LogP contribution >= 0.6 is 7.82 Å². The summed E-state index contributed by atoms with van der Waals surface area (Å²) in [7, 11) is -4.82. The molecule has 0 radical (unpaired) electrons. The van der Waals surface area contributed by atoms with E-state index in [4.69, 9.17) is 19.3 Å². The molecular weight excluding hydrogens is 731 g/mol. The number of hydrogen-bond acceptors (Lipinski definition) is 8. The van der Waals surface area contributed by atoms with Crippen molar-refractivity contribution in [1.29, 1.82) is 0 Å². The molecule has 0 bridgehead atoms. The second-order valence-corrected chi connectivity index (χ2v) is 16.8. The first-order valence-corrected chi connectivity index (χ1v) is 23.5. The molecular formula is C45H81O10P. The molecule has 0 unspecified atom stereocenters. The molecule has 0 saturated heterocycles. The van der Waals surface area contributed by atoms with Crippen molar-refractivity contribution in [2.24, 2.45) is 5.92 Å². The quantitative estimate of drug-likeness (QED) is 0.0204. The second-order valence-electron chi connectivity index (χ2n) is 15.6. The Hall–Kier alpha value is -2.07. The number of allylic oxidation sites excluding steroid dienone is 6. The van der Waals surface area contributed by atoms with Gasteiger partial charge in [0.1, 0.15) is 6.61 Å². The molecule has 4 N–H and O–H groups in total. The Morgan fingerprint density at radius 3 is 1.50 bits per heavy atom. The lowest BCUT2D eigenvalue weighted by atomic mass is 10.0. The SMILES string of the molecule is CCCCC[C@@H](O)/C=C/C=C\C/C=C\C=C\[C@@H](O)CCCC(=O)O[C@H](COC(=O)CCCCCCCCCCCCCCCCCCC(C)C)COP(=O)(O)O. The van der Waals surface area contributed by atoms with Crippen LogP contribution in [0.2, 0.25) is 0 Å².